The van der Waals surface area contributed by atoms with E-state index in [-0.39, 0.29) is 0 Å². The molecule has 0 aliphatic heterocycles. The summed E-state index contributed by atoms with van der Waals surface area (Å²) in [5.41, 5.74) is 0.467. The van der Waals surface area contributed by atoms with Crippen molar-refractivity contribution >= 4 is 0 Å². The van der Waals surface area contributed by atoms with E-state index in [1.807, 2.05) is 0 Å². The standard InChI is InChI=1S/C11H26N2/c1-11(2,3)7-9-12-8-6-10-13(4)5/h12H,6-10H2,1-5H3. The molecule has 80 valence electrons. The van der Waals surface area contributed by atoms with Crippen LogP contribution in [0.1, 0.15) is 33.6 Å². The normalized spacial score (nSPS) is 12.5. The van der Waals surface area contributed by atoms with Gasteiger partial charge in [0, 0.05) is 0 Å². The average molecular weight is 186 g/mol. The third kappa shape index (κ3) is 11.9. The van der Waals surface area contributed by atoms with Gasteiger partial charge in [-0.1, -0.05) is 20.8 Å². The fraction of sp³-hybridized carbons (Fsp3) is 1.00. The lowest BCUT2D eigenvalue weighted by atomic mass is 9.92. The van der Waals surface area contributed by atoms with Crippen molar-refractivity contribution in [1.29, 1.82) is 0 Å². The number of hydrogen-bond acceptors (Lipinski definition) is 2. The lowest BCUT2D eigenvalue weighted by Crippen LogP contribution is -2.24. The summed E-state index contributed by atoms with van der Waals surface area (Å²) in [4.78, 5) is 2.23. The molecule has 2 nitrogen and oxygen atoms in total. The van der Waals surface area contributed by atoms with Gasteiger partial charge in [-0.05, 0) is 52.0 Å². The van der Waals surface area contributed by atoms with Gasteiger partial charge in [0.2, 0.25) is 0 Å². The summed E-state index contributed by atoms with van der Waals surface area (Å²) in [7, 11) is 4.24. The van der Waals surface area contributed by atoms with Crippen LogP contribution in [0.4, 0.5) is 0 Å². The molecule has 0 radical (unpaired) electrons. The molecule has 0 spiro atoms. The molecule has 0 rings (SSSR count). The topological polar surface area (TPSA) is 15.3 Å². The van der Waals surface area contributed by atoms with Crippen LogP contribution in [-0.2, 0) is 0 Å². The average Bonchev–Trinajstić information content (AvgIpc) is 1.93. The number of nitrogens with zero attached hydrogens (tertiary/aromatic N) is 1. The van der Waals surface area contributed by atoms with Crippen LogP contribution >= 0.6 is 0 Å². The number of nitrogens with one attached hydrogen (secondary N) is 1. The van der Waals surface area contributed by atoms with Crippen molar-refractivity contribution in [3.05, 3.63) is 0 Å². The van der Waals surface area contributed by atoms with Crippen LogP contribution in [0.3, 0.4) is 0 Å². The van der Waals surface area contributed by atoms with Crippen molar-refractivity contribution in [3.8, 4) is 0 Å². The van der Waals surface area contributed by atoms with Crippen molar-refractivity contribution in [2.45, 2.75) is 33.6 Å². The van der Waals surface area contributed by atoms with Crippen molar-refractivity contribution in [2.24, 2.45) is 5.41 Å². The highest BCUT2D eigenvalue weighted by Crippen LogP contribution is 2.16. The van der Waals surface area contributed by atoms with Crippen LogP contribution in [0.2, 0.25) is 0 Å². The van der Waals surface area contributed by atoms with Gasteiger partial charge in [-0.3, -0.25) is 0 Å². The lowest BCUT2D eigenvalue weighted by Gasteiger charge is -2.18. The third-order valence-corrected chi connectivity index (χ3v) is 2.01. The van der Waals surface area contributed by atoms with Gasteiger partial charge in [-0.25, -0.2) is 0 Å². The molecular formula is C11H26N2. The smallest absolute Gasteiger partial charge is 0.00127 e. The van der Waals surface area contributed by atoms with Crippen molar-refractivity contribution in [3.63, 3.8) is 0 Å². The summed E-state index contributed by atoms with van der Waals surface area (Å²) in [6, 6.07) is 0. The molecule has 2 heteroatoms. The first kappa shape index (κ1) is 12.9. The summed E-state index contributed by atoms with van der Waals surface area (Å²) in [6.45, 7) is 10.3. The molecule has 0 aromatic heterocycles. The molecule has 0 aliphatic carbocycles. The quantitative estimate of drug-likeness (QED) is 0.638. The Hall–Kier alpha value is -0.0800. The summed E-state index contributed by atoms with van der Waals surface area (Å²) >= 11 is 0. The fourth-order valence-corrected chi connectivity index (χ4v) is 1.11. The van der Waals surface area contributed by atoms with Crippen molar-refractivity contribution in [2.75, 3.05) is 33.7 Å². The Morgan fingerprint density at radius 1 is 1.08 bits per heavy atom. The zero-order valence-electron chi connectivity index (χ0n) is 9.98. The Morgan fingerprint density at radius 2 is 1.69 bits per heavy atom. The second-order valence-corrected chi connectivity index (χ2v) is 5.22. The van der Waals surface area contributed by atoms with Gasteiger partial charge in [-0.15, -0.1) is 0 Å². The zero-order chi connectivity index (χ0) is 10.3. The van der Waals surface area contributed by atoms with Crippen LogP contribution < -0.4 is 5.32 Å². The molecule has 0 saturated heterocycles. The monoisotopic (exact) mass is 186 g/mol. The summed E-state index contributed by atoms with van der Waals surface area (Å²) in [5.74, 6) is 0. The van der Waals surface area contributed by atoms with E-state index in [0.29, 0.717) is 5.41 Å². The highest BCUT2D eigenvalue weighted by Gasteiger charge is 2.08. The van der Waals surface area contributed by atoms with E-state index in [2.05, 4.69) is 45.1 Å². The first-order valence-corrected chi connectivity index (χ1v) is 5.27. The molecule has 0 aromatic carbocycles. The highest BCUT2D eigenvalue weighted by molar-refractivity contribution is 4.63. The second kappa shape index (κ2) is 6.39. The maximum absolute atomic E-state index is 3.47. The molecule has 1 N–H and O–H groups in total. The van der Waals surface area contributed by atoms with E-state index in [4.69, 9.17) is 0 Å². The minimum absolute atomic E-state index is 0.467. The molecule has 0 aliphatic rings. The number of hydrogen-bond donors (Lipinski definition) is 1. The molecule has 0 bridgehead atoms. The maximum atomic E-state index is 3.47. The van der Waals surface area contributed by atoms with E-state index in [1.54, 1.807) is 0 Å². The van der Waals surface area contributed by atoms with Crippen LogP contribution in [0.25, 0.3) is 0 Å². The lowest BCUT2D eigenvalue weighted by molar-refractivity contribution is 0.357. The highest BCUT2D eigenvalue weighted by atomic mass is 15.0. The van der Waals surface area contributed by atoms with E-state index in [9.17, 15) is 0 Å². The zero-order valence-corrected chi connectivity index (χ0v) is 9.98. The minimum atomic E-state index is 0.467. The molecule has 0 fully saturated rings. The molecule has 0 aromatic rings. The van der Waals surface area contributed by atoms with Gasteiger partial charge in [0.15, 0.2) is 0 Å². The molecule has 13 heavy (non-hydrogen) atoms. The minimum Gasteiger partial charge on any atom is -0.317 e. The largest absolute Gasteiger partial charge is 0.317 e. The van der Waals surface area contributed by atoms with Gasteiger partial charge in [-0.2, -0.15) is 0 Å². The van der Waals surface area contributed by atoms with Crippen molar-refractivity contribution in [1.82, 2.24) is 10.2 Å². The summed E-state index contributed by atoms with van der Waals surface area (Å²) < 4.78 is 0. The van der Waals surface area contributed by atoms with E-state index < -0.39 is 0 Å². The van der Waals surface area contributed by atoms with Gasteiger partial charge in [0.05, 0.1) is 0 Å². The Labute approximate surface area is 83.7 Å². The summed E-state index contributed by atoms with van der Waals surface area (Å²) in [5, 5.41) is 3.47. The molecular weight excluding hydrogens is 160 g/mol. The maximum Gasteiger partial charge on any atom is -0.00127 e. The summed E-state index contributed by atoms with van der Waals surface area (Å²) in [6.07, 6.45) is 2.51. The second-order valence-electron chi connectivity index (χ2n) is 5.22. The van der Waals surface area contributed by atoms with Crippen LogP contribution in [0, 0.1) is 5.41 Å². The van der Waals surface area contributed by atoms with Gasteiger partial charge >= 0.3 is 0 Å². The Morgan fingerprint density at radius 3 is 2.15 bits per heavy atom. The Kier molecular flexibility index (Phi) is 6.35. The predicted octanol–water partition coefficient (Wildman–Crippen LogP) is 1.96. The Balaban J connectivity index is 3.09. The first-order valence-electron chi connectivity index (χ1n) is 5.27. The van der Waals surface area contributed by atoms with E-state index >= 15 is 0 Å². The van der Waals surface area contributed by atoms with Gasteiger partial charge in [0.25, 0.3) is 0 Å². The van der Waals surface area contributed by atoms with Gasteiger partial charge in [0.1, 0.15) is 0 Å². The van der Waals surface area contributed by atoms with Crippen molar-refractivity contribution < 1.29 is 0 Å². The van der Waals surface area contributed by atoms with Crippen LogP contribution in [0.5, 0.6) is 0 Å². The molecule has 0 amide bonds. The first-order chi connectivity index (χ1) is 5.92. The molecule has 0 heterocycles. The predicted molar refractivity (Wildman–Crippen MR) is 60.1 cm³/mol. The van der Waals surface area contributed by atoms with Crippen LogP contribution in [-0.4, -0.2) is 38.6 Å². The van der Waals surface area contributed by atoms with Crippen LogP contribution in [0.15, 0.2) is 0 Å². The van der Waals surface area contributed by atoms with Gasteiger partial charge < -0.3 is 10.2 Å². The molecule has 0 saturated carbocycles. The fourth-order valence-electron chi connectivity index (χ4n) is 1.11. The molecule has 0 unspecified atom stereocenters. The Bertz CT molecular complexity index is 114. The van der Waals surface area contributed by atoms with E-state index in [1.165, 1.54) is 19.4 Å². The molecule has 0 atom stereocenters. The number of rotatable bonds is 6. The third-order valence-electron chi connectivity index (χ3n) is 2.01. The van der Waals surface area contributed by atoms with E-state index in [0.717, 1.165) is 13.1 Å². The SMILES string of the molecule is CN(C)CCCNCCC(C)(C)C.